The van der Waals surface area contributed by atoms with Crippen LogP contribution in [0.25, 0.3) is 11.3 Å². The summed E-state index contributed by atoms with van der Waals surface area (Å²) in [5.74, 6) is 0.0952. The summed E-state index contributed by atoms with van der Waals surface area (Å²) < 4.78 is 0. The Morgan fingerprint density at radius 1 is 1.30 bits per heavy atom. The summed E-state index contributed by atoms with van der Waals surface area (Å²) in [4.78, 5) is 11.7. The van der Waals surface area contributed by atoms with Crippen LogP contribution in [0, 0.1) is 6.92 Å². The minimum atomic E-state index is 0.0952. The highest BCUT2D eigenvalue weighted by Crippen LogP contribution is 2.21. The first kappa shape index (κ1) is 17.2. The van der Waals surface area contributed by atoms with Crippen LogP contribution in [0.4, 0.5) is 0 Å². The molecule has 5 nitrogen and oxygen atoms in total. The van der Waals surface area contributed by atoms with Gasteiger partial charge < -0.3 is 10.6 Å². The van der Waals surface area contributed by atoms with Gasteiger partial charge in [0.1, 0.15) is 0 Å². The summed E-state index contributed by atoms with van der Waals surface area (Å²) in [5.41, 5.74) is 4.50. The highest BCUT2D eigenvalue weighted by molar-refractivity contribution is 5.76. The quantitative estimate of drug-likeness (QED) is 0.656. The molecule has 5 heteroatoms. The molecule has 2 aromatic rings. The van der Waals surface area contributed by atoms with Crippen LogP contribution < -0.4 is 10.6 Å². The third kappa shape index (κ3) is 5.21. The average molecular weight is 314 g/mol. The van der Waals surface area contributed by atoms with E-state index in [0.29, 0.717) is 19.5 Å². The van der Waals surface area contributed by atoms with E-state index in [1.165, 1.54) is 5.56 Å². The van der Waals surface area contributed by atoms with Gasteiger partial charge >= 0.3 is 0 Å². The predicted octanol–water partition coefficient (Wildman–Crippen LogP) is 2.78. The molecule has 3 N–H and O–H groups in total. The van der Waals surface area contributed by atoms with Crippen molar-refractivity contribution in [3.05, 3.63) is 41.6 Å². The minimum absolute atomic E-state index is 0.0952. The van der Waals surface area contributed by atoms with Gasteiger partial charge in [-0.2, -0.15) is 5.10 Å². The van der Waals surface area contributed by atoms with Crippen molar-refractivity contribution >= 4 is 5.91 Å². The van der Waals surface area contributed by atoms with Gasteiger partial charge in [-0.05, 0) is 25.8 Å². The largest absolute Gasteiger partial charge is 0.354 e. The number of hydrogen-bond acceptors (Lipinski definition) is 3. The molecule has 1 amide bonds. The molecule has 0 radical (unpaired) electrons. The second-order valence-electron chi connectivity index (χ2n) is 5.94. The minimum Gasteiger partial charge on any atom is -0.354 e. The summed E-state index contributed by atoms with van der Waals surface area (Å²) in [7, 11) is 0. The molecule has 1 aromatic carbocycles. The molecule has 23 heavy (non-hydrogen) atoms. The zero-order valence-corrected chi connectivity index (χ0v) is 14.1. The Morgan fingerprint density at radius 2 is 2.04 bits per heavy atom. The number of carbonyl (C=O) groups excluding carboxylic acids is 1. The van der Waals surface area contributed by atoms with Gasteiger partial charge in [0.25, 0.3) is 0 Å². The maximum atomic E-state index is 11.7. The Morgan fingerprint density at radius 3 is 2.74 bits per heavy atom. The van der Waals surface area contributed by atoms with Crippen molar-refractivity contribution in [2.45, 2.75) is 46.2 Å². The van der Waals surface area contributed by atoms with E-state index in [-0.39, 0.29) is 11.9 Å². The van der Waals surface area contributed by atoms with Gasteiger partial charge in [-0.25, -0.2) is 0 Å². The van der Waals surface area contributed by atoms with Gasteiger partial charge in [-0.1, -0.05) is 36.8 Å². The first-order valence-electron chi connectivity index (χ1n) is 8.19. The van der Waals surface area contributed by atoms with Gasteiger partial charge in [0.05, 0.1) is 11.9 Å². The summed E-state index contributed by atoms with van der Waals surface area (Å²) >= 11 is 0. The molecule has 0 aliphatic carbocycles. The molecule has 2 rings (SSSR count). The smallest absolute Gasteiger partial charge is 0.221 e. The lowest BCUT2D eigenvalue weighted by molar-refractivity contribution is -0.121. The van der Waals surface area contributed by atoms with Gasteiger partial charge in [0, 0.05) is 31.1 Å². The number of aromatic nitrogens is 2. The normalized spacial score (nSPS) is 12.1. The van der Waals surface area contributed by atoms with Crippen molar-refractivity contribution in [2.24, 2.45) is 0 Å². The van der Waals surface area contributed by atoms with Crippen molar-refractivity contribution in [1.82, 2.24) is 20.8 Å². The van der Waals surface area contributed by atoms with Crippen LogP contribution in [0.3, 0.4) is 0 Å². The third-order valence-corrected chi connectivity index (χ3v) is 3.92. The van der Waals surface area contributed by atoms with Gasteiger partial charge in [-0.3, -0.25) is 9.89 Å². The van der Waals surface area contributed by atoms with Crippen LogP contribution >= 0.6 is 0 Å². The highest BCUT2D eigenvalue weighted by Gasteiger charge is 2.08. The fourth-order valence-corrected chi connectivity index (χ4v) is 2.29. The Balaban J connectivity index is 1.82. The van der Waals surface area contributed by atoms with E-state index in [1.807, 2.05) is 13.1 Å². The summed E-state index contributed by atoms with van der Waals surface area (Å²) in [6, 6.07) is 8.60. The topological polar surface area (TPSA) is 69.8 Å². The molecular formula is C18H26N4O. The lowest BCUT2D eigenvalue weighted by atomic mass is 10.1. The lowest BCUT2D eigenvalue weighted by Crippen LogP contribution is -2.33. The number of H-pyrrole nitrogens is 1. The van der Waals surface area contributed by atoms with Crippen LogP contribution in [-0.2, 0) is 11.3 Å². The summed E-state index contributed by atoms with van der Waals surface area (Å²) in [6.45, 7) is 7.50. The molecule has 0 bridgehead atoms. The number of nitrogens with zero attached hydrogens (tertiary/aromatic N) is 1. The van der Waals surface area contributed by atoms with E-state index < -0.39 is 0 Å². The van der Waals surface area contributed by atoms with Crippen LogP contribution in [0.1, 0.15) is 37.8 Å². The first-order valence-corrected chi connectivity index (χ1v) is 8.19. The first-order chi connectivity index (χ1) is 11.1. The van der Waals surface area contributed by atoms with Crippen molar-refractivity contribution < 1.29 is 4.79 Å². The highest BCUT2D eigenvalue weighted by atomic mass is 16.1. The molecule has 0 aliphatic rings. The van der Waals surface area contributed by atoms with Crippen molar-refractivity contribution in [1.29, 1.82) is 0 Å². The van der Waals surface area contributed by atoms with Crippen LogP contribution in [0.5, 0.6) is 0 Å². The summed E-state index contributed by atoms with van der Waals surface area (Å²) in [6.07, 6.45) is 3.28. The standard InChI is InChI=1S/C18H26N4O/c1-4-14(3)21-17(23)9-10-19-11-16-12-20-22-18(16)15-7-5-13(2)6-8-15/h5-8,12,14,19H,4,9-11H2,1-3H3,(H,20,22)(H,21,23). The second kappa shape index (κ2) is 8.48. The fraction of sp³-hybridized carbons (Fsp3) is 0.444. The monoisotopic (exact) mass is 314 g/mol. The zero-order valence-electron chi connectivity index (χ0n) is 14.1. The average Bonchev–Trinajstić information content (AvgIpc) is 3.00. The molecular weight excluding hydrogens is 288 g/mol. The Kier molecular flexibility index (Phi) is 6.35. The van der Waals surface area contributed by atoms with Gasteiger partial charge in [-0.15, -0.1) is 0 Å². The Bertz CT molecular complexity index is 618. The zero-order chi connectivity index (χ0) is 16.7. The molecule has 1 unspecified atom stereocenters. The Hall–Kier alpha value is -2.14. The molecule has 0 saturated carbocycles. The van der Waals surface area contributed by atoms with Crippen molar-refractivity contribution in [3.8, 4) is 11.3 Å². The molecule has 1 aromatic heterocycles. The number of aromatic amines is 1. The van der Waals surface area contributed by atoms with E-state index in [1.54, 1.807) is 0 Å². The second-order valence-corrected chi connectivity index (χ2v) is 5.94. The molecule has 1 heterocycles. The number of hydrogen-bond donors (Lipinski definition) is 3. The van der Waals surface area contributed by atoms with E-state index in [0.717, 1.165) is 23.2 Å². The maximum Gasteiger partial charge on any atom is 0.221 e. The maximum absolute atomic E-state index is 11.7. The van der Waals surface area contributed by atoms with Crippen LogP contribution in [-0.4, -0.2) is 28.7 Å². The Labute approximate surface area is 137 Å². The summed E-state index contributed by atoms with van der Waals surface area (Å²) in [5, 5.41) is 13.5. The number of benzene rings is 1. The molecule has 0 spiro atoms. The van der Waals surface area contributed by atoms with Gasteiger partial charge in [0.2, 0.25) is 5.91 Å². The number of nitrogens with one attached hydrogen (secondary N) is 3. The number of amides is 1. The molecule has 124 valence electrons. The fourth-order valence-electron chi connectivity index (χ4n) is 2.29. The molecule has 1 atom stereocenters. The number of rotatable bonds is 8. The lowest BCUT2D eigenvalue weighted by Gasteiger charge is -2.11. The molecule has 0 fully saturated rings. The third-order valence-electron chi connectivity index (χ3n) is 3.92. The van der Waals surface area contributed by atoms with Crippen molar-refractivity contribution in [2.75, 3.05) is 6.54 Å². The van der Waals surface area contributed by atoms with E-state index in [2.05, 4.69) is 58.9 Å². The van der Waals surface area contributed by atoms with E-state index in [9.17, 15) is 4.79 Å². The van der Waals surface area contributed by atoms with E-state index >= 15 is 0 Å². The number of aryl methyl sites for hydroxylation is 1. The van der Waals surface area contributed by atoms with Crippen LogP contribution in [0.15, 0.2) is 30.5 Å². The van der Waals surface area contributed by atoms with E-state index in [4.69, 9.17) is 0 Å². The van der Waals surface area contributed by atoms with Gasteiger partial charge in [0.15, 0.2) is 0 Å². The van der Waals surface area contributed by atoms with Crippen LogP contribution in [0.2, 0.25) is 0 Å². The van der Waals surface area contributed by atoms with Crippen molar-refractivity contribution in [3.63, 3.8) is 0 Å². The number of carbonyl (C=O) groups is 1. The molecule has 0 aliphatic heterocycles. The predicted molar refractivity (Wildman–Crippen MR) is 93.0 cm³/mol. The molecule has 0 saturated heterocycles. The SMILES string of the molecule is CCC(C)NC(=O)CCNCc1cn[nH]c1-c1ccc(C)cc1.